The average molecular weight is 439 g/mol. The molecule has 0 radical (unpaired) electrons. The number of carbonyl (C=O) groups is 3. The maximum atomic E-state index is 13.5. The standard InChI is InChI=1S/C24H26N2O4S/c27-22(21(31)13-15-7-2-1-3-8-15)25-18-14-16-9-4-5-10-17(16)19-11-6-12-20(24(29)30)26(19)23(18)28/h1-5,7-10,18-21,31H,6,11-14H2,(H,25,27)(H,29,30)/t18-,19?,20?,21+/m0/s1. The lowest BCUT2D eigenvalue weighted by Gasteiger charge is -2.40. The highest BCUT2D eigenvalue weighted by molar-refractivity contribution is 7.81. The van der Waals surface area contributed by atoms with E-state index in [0.717, 1.165) is 29.5 Å². The first-order valence-corrected chi connectivity index (χ1v) is 11.1. The number of rotatable bonds is 5. The maximum Gasteiger partial charge on any atom is 0.326 e. The minimum atomic E-state index is -1.00. The molecule has 2 amide bonds. The molecule has 31 heavy (non-hydrogen) atoms. The topological polar surface area (TPSA) is 86.7 Å². The van der Waals surface area contributed by atoms with Crippen molar-refractivity contribution >= 4 is 30.4 Å². The normalized spacial score (nSPS) is 23.8. The van der Waals surface area contributed by atoms with Crippen LogP contribution < -0.4 is 5.32 Å². The summed E-state index contributed by atoms with van der Waals surface area (Å²) in [5.41, 5.74) is 2.93. The van der Waals surface area contributed by atoms with Crippen LogP contribution in [0.5, 0.6) is 0 Å². The predicted octanol–water partition coefficient (Wildman–Crippen LogP) is 2.78. The number of aliphatic carboxylic acids is 1. The minimum Gasteiger partial charge on any atom is -0.480 e. The van der Waals surface area contributed by atoms with E-state index in [1.165, 1.54) is 4.90 Å². The highest BCUT2D eigenvalue weighted by atomic mass is 32.1. The number of piperidine rings is 1. The number of hydrogen-bond acceptors (Lipinski definition) is 4. The summed E-state index contributed by atoms with van der Waals surface area (Å²) >= 11 is 4.46. The van der Waals surface area contributed by atoms with Gasteiger partial charge in [-0.1, -0.05) is 54.6 Å². The average Bonchev–Trinajstić information content (AvgIpc) is 2.89. The monoisotopic (exact) mass is 438 g/mol. The fraction of sp³-hybridized carbons (Fsp3) is 0.375. The Labute approximate surface area is 187 Å². The Kier molecular flexibility index (Phi) is 6.32. The molecule has 4 rings (SSSR count). The van der Waals surface area contributed by atoms with Crippen LogP contribution in [0.25, 0.3) is 0 Å². The number of nitrogens with one attached hydrogen (secondary N) is 1. The summed E-state index contributed by atoms with van der Waals surface area (Å²) < 4.78 is 0. The first-order valence-electron chi connectivity index (χ1n) is 10.6. The van der Waals surface area contributed by atoms with Crippen LogP contribution >= 0.6 is 12.6 Å². The van der Waals surface area contributed by atoms with Gasteiger partial charge in [-0.2, -0.15) is 12.6 Å². The molecule has 4 atom stereocenters. The van der Waals surface area contributed by atoms with E-state index in [0.29, 0.717) is 19.3 Å². The summed E-state index contributed by atoms with van der Waals surface area (Å²) in [6.07, 6.45) is 2.66. The number of carbonyl (C=O) groups excluding carboxylic acids is 2. The second-order valence-corrected chi connectivity index (χ2v) is 8.84. The van der Waals surface area contributed by atoms with Crippen molar-refractivity contribution in [2.75, 3.05) is 0 Å². The Morgan fingerprint density at radius 3 is 2.55 bits per heavy atom. The molecule has 0 spiro atoms. The third-order valence-corrected chi connectivity index (χ3v) is 6.61. The molecule has 2 aromatic rings. The zero-order valence-electron chi connectivity index (χ0n) is 17.1. The molecular weight excluding hydrogens is 412 g/mol. The van der Waals surface area contributed by atoms with E-state index in [4.69, 9.17) is 0 Å². The lowest BCUT2D eigenvalue weighted by Crippen LogP contribution is -2.56. The SMILES string of the molecule is O=C(O)C1CCCC2c3ccccc3C[C@H](NC(=O)[C@H](S)Cc3ccccc3)C(=O)N12. The van der Waals surface area contributed by atoms with E-state index in [-0.39, 0.29) is 17.9 Å². The number of benzene rings is 2. The van der Waals surface area contributed by atoms with Crippen LogP contribution in [-0.4, -0.2) is 45.1 Å². The summed E-state index contributed by atoms with van der Waals surface area (Å²) in [6, 6.07) is 15.3. The van der Waals surface area contributed by atoms with Crippen LogP contribution in [0.1, 0.15) is 42.0 Å². The molecule has 2 aliphatic heterocycles. The Bertz CT molecular complexity index is 981. The largest absolute Gasteiger partial charge is 0.480 e. The second kappa shape index (κ2) is 9.14. The van der Waals surface area contributed by atoms with Crippen LogP contribution in [0.3, 0.4) is 0 Å². The van der Waals surface area contributed by atoms with Gasteiger partial charge in [-0.3, -0.25) is 9.59 Å². The number of fused-ring (bicyclic) bond motifs is 3. The lowest BCUT2D eigenvalue weighted by atomic mass is 9.89. The van der Waals surface area contributed by atoms with Crippen LogP contribution in [-0.2, 0) is 27.2 Å². The molecule has 1 saturated heterocycles. The van der Waals surface area contributed by atoms with E-state index in [2.05, 4.69) is 17.9 Å². The van der Waals surface area contributed by atoms with Gasteiger partial charge in [-0.05, 0) is 42.4 Å². The van der Waals surface area contributed by atoms with Gasteiger partial charge in [0.1, 0.15) is 12.1 Å². The maximum absolute atomic E-state index is 13.5. The predicted molar refractivity (Wildman–Crippen MR) is 120 cm³/mol. The zero-order chi connectivity index (χ0) is 22.0. The second-order valence-electron chi connectivity index (χ2n) is 8.22. The fourth-order valence-electron chi connectivity index (χ4n) is 4.70. The van der Waals surface area contributed by atoms with E-state index in [1.54, 1.807) is 0 Å². The van der Waals surface area contributed by atoms with E-state index < -0.39 is 23.3 Å². The molecule has 162 valence electrons. The number of nitrogens with zero attached hydrogens (tertiary/aromatic N) is 1. The lowest BCUT2D eigenvalue weighted by molar-refractivity contribution is -0.156. The van der Waals surface area contributed by atoms with Crippen molar-refractivity contribution in [3.05, 3.63) is 71.3 Å². The quantitative estimate of drug-likeness (QED) is 0.627. The van der Waals surface area contributed by atoms with Gasteiger partial charge < -0.3 is 15.3 Å². The molecule has 7 heteroatoms. The van der Waals surface area contributed by atoms with Crippen molar-refractivity contribution in [2.45, 2.75) is 55.5 Å². The molecule has 0 saturated carbocycles. The summed E-state index contributed by atoms with van der Waals surface area (Å²) in [6.45, 7) is 0. The molecular formula is C24H26N2O4S. The number of amides is 2. The van der Waals surface area contributed by atoms with Crippen molar-refractivity contribution in [3.8, 4) is 0 Å². The number of carboxylic acids is 1. The summed E-state index contributed by atoms with van der Waals surface area (Å²) in [5.74, 6) is -1.66. The third-order valence-electron chi connectivity index (χ3n) is 6.19. The van der Waals surface area contributed by atoms with Crippen molar-refractivity contribution in [1.82, 2.24) is 10.2 Å². The van der Waals surface area contributed by atoms with Gasteiger partial charge in [-0.25, -0.2) is 4.79 Å². The van der Waals surface area contributed by atoms with Crippen molar-refractivity contribution in [3.63, 3.8) is 0 Å². The highest BCUT2D eigenvalue weighted by Crippen LogP contribution is 2.39. The molecule has 2 aliphatic rings. The van der Waals surface area contributed by atoms with Crippen molar-refractivity contribution in [2.24, 2.45) is 0 Å². The number of thiol groups is 1. The van der Waals surface area contributed by atoms with Crippen molar-refractivity contribution in [1.29, 1.82) is 0 Å². The van der Waals surface area contributed by atoms with Crippen LogP contribution in [0.15, 0.2) is 54.6 Å². The Balaban J connectivity index is 1.59. The smallest absolute Gasteiger partial charge is 0.326 e. The molecule has 2 aromatic carbocycles. The highest BCUT2D eigenvalue weighted by Gasteiger charge is 2.44. The number of carboxylic acid groups (broad SMARTS) is 1. The summed E-state index contributed by atoms with van der Waals surface area (Å²) in [5, 5.41) is 12.0. The molecule has 0 aromatic heterocycles. The molecule has 1 fully saturated rings. The van der Waals surface area contributed by atoms with Crippen molar-refractivity contribution < 1.29 is 19.5 Å². The number of hydrogen-bond donors (Lipinski definition) is 3. The van der Waals surface area contributed by atoms with Crippen LogP contribution in [0.2, 0.25) is 0 Å². The van der Waals surface area contributed by atoms with Gasteiger partial charge in [0, 0.05) is 6.42 Å². The molecule has 0 aliphatic carbocycles. The van der Waals surface area contributed by atoms with Crippen LogP contribution in [0.4, 0.5) is 0 Å². The molecule has 2 unspecified atom stereocenters. The first-order chi connectivity index (χ1) is 15.0. The minimum absolute atomic E-state index is 0.281. The zero-order valence-corrected chi connectivity index (χ0v) is 18.0. The molecule has 2 N–H and O–H groups in total. The van der Waals surface area contributed by atoms with Gasteiger partial charge in [0.15, 0.2) is 0 Å². The van der Waals surface area contributed by atoms with E-state index in [9.17, 15) is 19.5 Å². The van der Waals surface area contributed by atoms with Crippen LogP contribution in [0, 0.1) is 0 Å². The van der Waals surface area contributed by atoms with Gasteiger partial charge in [-0.15, -0.1) is 0 Å². The van der Waals surface area contributed by atoms with Gasteiger partial charge >= 0.3 is 5.97 Å². The first kappa shape index (κ1) is 21.4. The molecule has 6 nitrogen and oxygen atoms in total. The van der Waals surface area contributed by atoms with E-state index >= 15 is 0 Å². The van der Waals surface area contributed by atoms with E-state index in [1.807, 2.05) is 54.6 Å². The Morgan fingerprint density at radius 1 is 1.10 bits per heavy atom. The molecule has 0 bridgehead atoms. The Hall–Kier alpha value is -2.80. The Morgan fingerprint density at radius 2 is 1.81 bits per heavy atom. The summed E-state index contributed by atoms with van der Waals surface area (Å²) in [7, 11) is 0. The third kappa shape index (κ3) is 4.46. The van der Waals surface area contributed by atoms with Gasteiger partial charge in [0.05, 0.1) is 11.3 Å². The summed E-state index contributed by atoms with van der Waals surface area (Å²) in [4.78, 5) is 39.8. The van der Waals surface area contributed by atoms with Gasteiger partial charge in [0.2, 0.25) is 11.8 Å². The van der Waals surface area contributed by atoms with Gasteiger partial charge in [0.25, 0.3) is 0 Å². The molecule has 2 heterocycles. The fourth-order valence-corrected chi connectivity index (χ4v) is 4.98.